The van der Waals surface area contributed by atoms with E-state index in [2.05, 4.69) is 15.5 Å². The number of aromatic amines is 1. The summed E-state index contributed by atoms with van der Waals surface area (Å²) in [5, 5.41) is 9.98. The Bertz CT molecular complexity index is 853. The van der Waals surface area contributed by atoms with Crippen LogP contribution in [-0.4, -0.2) is 14.8 Å². The van der Waals surface area contributed by atoms with Crippen LogP contribution >= 0.6 is 0 Å². The number of nitrogens with one attached hydrogen (secondary N) is 2. The lowest BCUT2D eigenvalue weighted by Crippen LogP contribution is -2.16. The Labute approximate surface area is 111 Å². The van der Waals surface area contributed by atoms with Crippen LogP contribution in [0.2, 0.25) is 0 Å². The predicted molar refractivity (Wildman–Crippen MR) is 71.0 cm³/mol. The van der Waals surface area contributed by atoms with Crippen LogP contribution in [0, 0.1) is 11.6 Å². The first kappa shape index (κ1) is 12.3. The lowest BCUT2D eigenvalue weighted by atomic mass is 10.2. The average molecular weight is 276 g/mol. The number of rotatable bonds is 2. The molecular weight excluding hydrogens is 266 g/mol. The van der Waals surface area contributed by atoms with Gasteiger partial charge >= 0.3 is 0 Å². The number of fused-ring (bicyclic) bond motifs is 1. The van der Waals surface area contributed by atoms with Crippen molar-refractivity contribution in [3.8, 4) is 0 Å². The van der Waals surface area contributed by atoms with Gasteiger partial charge in [0, 0.05) is 19.2 Å². The highest BCUT2D eigenvalue weighted by Crippen LogP contribution is 2.25. The first-order valence-corrected chi connectivity index (χ1v) is 5.81. The van der Waals surface area contributed by atoms with E-state index in [1.807, 2.05) is 0 Å². The van der Waals surface area contributed by atoms with Gasteiger partial charge in [0.1, 0.15) is 17.3 Å². The van der Waals surface area contributed by atoms with Crippen molar-refractivity contribution >= 4 is 22.4 Å². The Morgan fingerprint density at radius 2 is 2.05 bits per heavy atom. The highest BCUT2D eigenvalue weighted by atomic mass is 19.1. The molecule has 5 nitrogen and oxygen atoms in total. The number of aromatic nitrogens is 3. The Hall–Kier alpha value is -2.70. The third-order valence-corrected chi connectivity index (χ3v) is 3.04. The van der Waals surface area contributed by atoms with Crippen LogP contribution in [0.25, 0.3) is 11.0 Å². The van der Waals surface area contributed by atoms with Gasteiger partial charge in [0.15, 0.2) is 0 Å². The Morgan fingerprint density at radius 1 is 1.25 bits per heavy atom. The molecule has 0 aliphatic rings. The maximum absolute atomic E-state index is 13.6. The van der Waals surface area contributed by atoms with Gasteiger partial charge in [-0.25, -0.2) is 8.78 Å². The van der Waals surface area contributed by atoms with Gasteiger partial charge in [-0.05, 0) is 12.1 Å². The summed E-state index contributed by atoms with van der Waals surface area (Å²) in [5.41, 5.74) is 0.735. The van der Waals surface area contributed by atoms with Gasteiger partial charge in [-0.1, -0.05) is 0 Å². The molecule has 0 aliphatic heterocycles. The second kappa shape index (κ2) is 4.44. The molecule has 1 aromatic carbocycles. The molecule has 2 aromatic heterocycles. The van der Waals surface area contributed by atoms with Crippen LogP contribution in [0.5, 0.6) is 0 Å². The smallest absolute Gasteiger partial charge is 0.253 e. The Balaban J connectivity index is 2.13. The minimum atomic E-state index is -0.734. The number of nitrogens with zero attached hydrogens (tertiary/aromatic N) is 2. The third-order valence-electron chi connectivity index (χ3n) is 3.04. The van der Waals surface area contributed by atoms with Crippen LogP contribution in [0.1, 0.15) is 0 Å². The van der Waals surface area contributed by atoms with Gasteiger partial charge in [0.05, 0.1) is 23.0 Å². The summed E-state index contributed by atoms with van der Waals surface area (Å²) in [5.74, 6) is -1.40. The molecule has 0 unspecified atom stereocenters. The molecular formula is C13H10F2N4O. The second-order valence-electron chi connectivity index (χ2n) is 4.34. The van der Waals surface area contributed by atoms with E-state index in [4.69, 9.17) is 0 Å². The number of H-pyrrole nitrogens is 1. The van der Waals surface area contributed by atoms with Crippen molar-refractivity contribution in [3.05, 3.63) is 52.5 Å². The minimum Gasteiger partial charge on any atom is -0.352 e. The molecule has 2 N–H and O–H groups in total. The SMILES string of the molecule is Cn1c(=O)cc(Nc2ccc(F)cc2F)c2cn[nH]c21. The number of anilines is 2. The van der Waals surface area contributed by atoms with E-state index in [-0.39, 0.29) is 11.2 Å². The van der Waals surface area contributed by atoms with Crippen LogP contribution in [0.3, 0.4) is 0 Å². The van der Waals surface area contributed by atoms with Crippen molar-refractivity contribution in [2.24, 2.45) is 7.05 Å². The summed E-state index contributed by atoms with van der Waals surface area (Å²) in [6.45, 7) is 0. The van der Waals surface area contributed by atoms with E-state index in [9.17, 15) is 13.6 Å². The standard InChI is InChI=1S/C13H10F2N4O/c1-19-12(20)5-11(8-6-16-18-13(8)19)17-10-3-2-7(14)4-9(10)15/h2-6,17H,1H3,(H,16,18). The molecule has 20 heavy (non-hydrogen) atoms. The summed E-state index contributed by atoms with van der Waals surface area (Å²) in [6.07, 6.45) is 1.53. The zero-order valence-electron chi connectivity index (χ0n) is 10.4. The van der Waals surface area contributed by atoms with Crippen LogP contribution in [0.4, 0.5) is 20.2 Å². The van der Waals surface area contributed by atoms with E-state index >= 15 is 0 Å². The van der Waals surface area contributed by atoms with Gasteiger partial charge in [0.25, 0.3) is 5.56 Å². The van der Waals surface area contributed by atoms with Crippen LogP contribution in [0.15, 0.2) is 35.3 Å². The molecule has 0 radical (unpaired) electrons. The molecule has 0 amide bonds. The lowest BCUT2D eigenvalue weighted by Gasteiger charge is -2.09. The fourth-order valence-electron chi connectivity index (χ4n) is 1.98. The van der Waals surface area contributed by atoms with Gasteiger partial charge in [-0.15, -0.1) is 0 Å². The molecule has 3 aromatic rings. The van der Waals surface area contributed by atoms with Crippen molar-refractivity contribution in [1.82, 2.24) is 14.8 Å². The average Bonchev–Trinajstić information content (AvgIpc) is 2.88. The number of halogens is 2. The highest BCUT2D eigenvalue weighted by molar-refractivity contribution is 5.90. The van der Waals surface area contributed by atoms with Crippen LogP contribution < -0.4 is 10.9 Å². The predicted octanol–water partition coefficient (Wildman–Crippen LogP) is 2.28. The topological polar surface area (TPSA) is 62.7 Å². The molecule has 0 saturated heterocycles. The summed E-state index contributed by atoms with van der Waals surface area (Å²) in [4.78, 5) is 11.8. The maximum Gasteiger partial charge on any atom is 0.253 e. The molecule has 0 saturated carbocycles. The molecule has 0 aliphatic carbocycles. The summed E-state index contributed by atoms with van der Waals surface area (Å²) < 4.78 is 27.9. The van der Waals surface area contributed by atoms with E-state index in [0.717, 1.165) is 12.1 Å². The quantitative estimate of drug-likeness (QED) is 0.754. The number of hydrogen-bond donors (Lipinski definition) is 2. The largest absolute Gasteiger partial charge is 0.352 e. The molecule has 0 fully saturated rings. The summed E-state index contributed by atoms with van der Waals surface area (Å²) in [7, 11) is 1.60. The van der Waals surface area contributed by atoms with E-state index in [0.29, 0.717) is 16.7 Å². The fraction of sp³-hybridized carbons (Fsp3) is 0.0769. The zero-order chi connectivity index (χ0) is 14.3. The van der Waals surface area contributed by atoms with E-state index in [1.165, 1.54) is 22.9 Å². The summed E-state index contributed by atoms with van der Waals surface area (Å²) >= 11 is 0. The van der Waals surface area contributed by atoms with Gasteiger partial charge in [-0.2, -0.15) is 5.10 Å². The molecule has 0 spiro atoms. The summed E-state index contributed by atoms with van der Waals surface area (Å²) in [6, 6.07) is 4.52. The second-order valence-corrected chi connectivity index (χ2v) is 4.34. The molecule has 0 bridgehead atoms. The third kappa shape index (κ3) is 1.93. The van der Waals surface area contributed by atoms with E-state index < -0.39 is 11.6 Å². The normalized spacial score (nSPS) is 10.9. The van der Waals surface area contributed by atoms with Crippen molar-refractivity contribution in [1.29, 1.82) is 0 Å². The number of aryl methyl sites for hydroxylation is 1. The van der Waals surface area contributed by atoms with E-state index in [1.54, 1.807) is 7.05 Å². The monoisotopic (exact) mass is 276 g/mol. The van der Waals surface area contributed by atoms with Gasteiger partial charge in [0.2, 0.25) is 0 Å². The molecule has 2 heterocycles. The zero-order valence-corrected chi connectivity index (χ0v) is 10.4. The van der Waals surface area contributed by atoms with Crippen molar-refractivity contribution in [2.45, 2.75) is 0 Å². The highest BCUT2D eigenvalue weighted by Gasteiger charge is 2.10. The lowest BCUT2D eigenvalue weighted by molar-refractivity contribution is 0.586. The molecule has 0 atom stereocenters. The first-order valence-electron chi connectivity index (χ1n) is 5.81. The van der Waals surface area contributed by atoms with Crippen molar-refractivity contribution < 1.29 is 8.78 Å². The van der Waals surface area contributed by atoms with Gasteiger partial charge < -0.3 is 5.32 Å². The van der Waals surface area contributed by atoms with Crippen molar-refractivity contribution in [3.63, 3.8) is 0 Å². The van der Waals surface area contributed by atoms with Gasteiger partial charge in [-0.3, -0.25) is 14.5 Å². The molecule has 102 valence electrons. The molecule has 7 heteroatoms. The Kier molecular flexibility index (Phi) is 2.74. The van der Waals surface area contributed by atoms with Crippen molar-refractivity contribution in [2.75, 3.05) is 5.32 Å². The molecule has 3 rings (SSSR count). The van der Waals surface area contributed by atoms with Crippen LogP contribution in [-0.2, 0) is 7.05 Å². The number of benzene rings is 1. The minimum absolute atomic E-state index is 0.0853. The fourth-order valence-corrected chi connectivity index (χ4v) is 1.98. The Morgan fingerprint density at radius 3 is 2.80 bits per heavy atom. The first-order chi connectivity index (χ1) is 9.56. The number of pyridine rings is 1. The maximum atomic E-state index is 13.6. The number of hydrogen-bond acceptors (Lipinski definition) is 3.